The first-order chi connectivity index (χ1) is 9.62. The van der Waals surface area contributed by atoms with Crippen LogP contribution in [-0.2, 0) is 6.54 Å². The van der Waals surface area contributed by atoms with E-state index in [1.54, 1.807) is 6.20 Å². The summed E-state index contributed by atoms with van der Waals surface area (Å²) in [6, 6.07) is 3.69. The van der Waals surface area contributed by atoms with Crippen LogP contribution in [0.5, 0.6) is 0 Å². The normalized spacial score (nSPS) is 12.7. The number of nitrogens with one attached hydrogen (secondary N) is 1. The van der Waals surface area contributed by atoms with E-state index in [0.717, 1.165) is 18.4 Å². The molecule has 0 saturated heterocycles. The molecule has 20 heavy (non-hydrogen) atoms. The van der Waals surface area contributed by atoms with Crippen molar-refractivity contribution in [2.24, 2.45) is 16.3 Å². The Labute approximate surface area is 119 Å². The number of nitrogens with zero attached hydrogens (tertiary/aromatic N) is 2. The van der Waals surface area contributed by atoms with Gasteiger partial charge in [-0.15, -0.1) is 0 Å². The zero-order valence-electron chi connectivity index (χ0n) is 12.1. The van der Waals surface area contributed by atoms with Gasteiger partial charge in [-0.1, -0.05) is 25.1 Å². The van der Waals surface area contributed by atoms with Gasteiger partial charge in [0.2, 0.25) is 0 Å². The van der Waals surface area contributed by atoms with Crippen molar-refractivity contribution in [1.82, 2.24) is 10.3 Å². The van der Waals surface area contributed by atoms with Crippen molar-refractivity contribution < 1.29 is 10.3 Å². The summed E-state index contributed by atoms with van der Waals surface area (Å²) in [7, 11) is 0. The van der Waals surface area contributed by atoms with Crippen LogP contribution in [0.4, 0.5) is 0 Å². The molecule has 0 spiro atoms. The van der Waals surface area contributed by atoms with Crippen LogP contribution in [-0.4, -0.2) is 34.3 Å². The third kappa shape index (κ3) is 3.91. The Morgan fingerprint density at radius 2 is 2.15 bits per heavy atom. The van der Waals surface area contributed by atoms with E-state index in [9.17, 15) is 5.11 Å². The quantitative estimate of drug-likeness (QED) is 0.247. The first kappa shape index (κ1) is 16.4. The fourth-order valence-corrected chi connectivity index (χ4v) is 2.10. The number of rotatable bonds is 8. The molecular weight excluding hydrogens is 256 g/mol. The Bertz CT molecular complexity index is 436. The topological polar surface area (TPSA) is 104 Å². The standard InChI is InChI=1S/C14H24N4O2/c1-3-14(4-2,10-19)9-16-8-11-6-5-7-17-12(11)13(15)18-20/h5-7,16,19-20H,3-4,8-10H2,1-2H3,(H2,15,18). The second-order valence-electron chi connectivity index (χ2n) is 4.97. The van der Waals surface area contributed by atoms with E-state index < -0.39 is 0 Å². The molecule has 0 saturated carbocycles. The zero-order valence-corrected chi connectivity index (χ0v) is 12.1. The summed E-state index contributed by atoms with van der Waals surface area (Å²) in [6.07, 6.45) is 3.42. The lowest BCUT2D eigenvalue weighted by Crippen LogP contribution is -2.36. The van der Waals surface area contributed by atoms with Crippen LogP contribution in [0.25, 0.3) is 0 Å². The summed E-state index contributed by atoms with van der Waals surface area (Å²) >= 11 is 0. The molecule has 1 rings (SSSR count). The van der Waals surface area contributed by atoms with Crippen molar-refractivity contribution in [3.63, 3.8) is 0 Å². The van der Waals surface area contributed by atoms with Crippen LogP contribution in [0.15, 0.2) is 23.5 Å². The summed E-state index contributed by atoms with van der Waals surface area (Å²) in [4.78, 5) is 4.12. The van der Waals surface area contributed by atoms with Crippen molar-refractivity contribution in [3.8, 4) is 0 Å². The molecule has 0 aliphatic carbocycles. The Hall–Kier alpha value is -1.66. The van der Waals surface area contributed by atoms with Crippen LogP contribution in [0.2, 0.25) is 0 Å². The molecule has 112 valence electrons. The number of amidine groups is 1. The Kier molecular flexibility index (Phi) is 6.41. The second kappa shape index (κ2) is 7.81. The van der Waals surface area contributed by atoms with Crippen molar-refractivity contribution in [1.29, 1.82) is 0 Å². The Balaban J connectivity index is 2.71. The molecule has 0 aromatic carbocycles. The third-order valence-electron chi connectivity index (χ3n) is 3.89. The molecule has 0 bridgehead atoms. The SMILES string of the molecule is CCC(CC)(CO)CNCc1cccnc1/C(N)=N/O. The molecule has 0 atom stereocenters. The Morgan fingerprint density at radius 1 is 1.45 bits per heavy atom. The molecular formula is C14H24N4O2. The zero-order chi connectivity index (χ0) is 15.0. The van der Waals surface area contributed by atoms with Gasteiger partial charge in [-0.25, -0.2) is 0 Å². The van der Waals surface area contributed by atoms with Crippen molar-refractivity contribution in [2.75, 3.05) is 13.2 Å². The number of aromatic nitrogens is 1. The second-order valence-corrected chi connectivity index (χ2v) is 4.97. The molecule has 0 aliphatic rings. The van der Waals surface area contributed by atoms with Gasteiger partial charge < -0.3 is 21.4 Å². The lowest BCUT2D eigenvalue weighted by molar-refractivity contribution is 0.113. The number of nitrogens with two attached hydrogens (primary N) is 1. The van der Waals surface area contributed by atoms with Gasteiger partial charge in [0.1, 0.15) is 5.69 Å². The van der Waals surface area contributed by atoms with E-state index in [1.807, 2.05) is 12.1 Å². The number of hydrogen-bond donors (Lipinski definition) is 4. The fraction of sp³-hybridized carbons (Fsp3) is 0.571. The predicted octanol–water partition coefficient (Wildman–Crippen LogP) is 1.06. The number of oxime groups is 1. The van der Waals surface area contributed by atoms with Crippen LogP contribution >= 0.6 is 0 Å². The largest absolute Gasteiger partial charge is 0.409 e. The van der Waals surface area contributed by atoms with Crippen molar-refractivity contribution in [2.45, 2.75) is 33.2 Å². The number of aliphatic hydroxyl groups excluding tert-OH is 1. The van der Waals surface area contributed by atoms with Crippen molar-refractivity contribution in [3.05, 3.63) is 29.6 Å². The molecule has 1 aromatic rings. The van der Waals surface area contributed by atoms with Gasteiger partial charge in [0.15, 0.2) is 5.84 Å². The van der Waals surface area contributed by atoms with E-state index in [4.69, 9.17) is 10.9 Å². The summed E-state index contributed by atoms with van der Waals surface area (Å²) < 4.78 is 0. The summed E-state index contributed by atoms with van der Waals surface area (Å²) in [5.74, 6) is 0.00167. The highest BCUT2D eigenvalue weighted by Gasteiger charge is 2.24. The summed E-state index contributed by atoms with van der Waals surface area (Å²) in [5.41, 5.74) is 6.84. The predicted molar refractivity (Wildman–Crippen MR) is 78.6 cm³/mol. The highest BCUT2D eigenvalue weighted by Crippen LogP contribution is 2.24. The Morgan fingerprint density at radius 3 is 2.70 bits per heavy atom. The molecule has 5 N–H and O–H groups in total. The minimum atomic E-state index is -0.0982. The monoisotopic (exact) mass is 280 g/mol. The molecule has 0 fully saturated rings. The van der Waals surface area contributed by atoms with Gasteiger partial charge in [-0.05, 0) is 24.5 Å². The lowest BCUT2D eigenvalue weighted by Gasteiger charge is -2.29. The van der Waals surface area contributed by atoms with Crippen LogP contribution in [0.3, 0.4) is 0 Å². The molecule has 0 amide bonds. The first-order valence-corrected chi connectivity index (χ1v) is 6.85. The van der Waals surface area contributed by atoms with Gasteiger partial charge in [-0.2, -0.15) is 0 Å². The first-order valence-electron chi connectivity index (χ1n) is 6.85. The van der Waals surface area contributed by atoms with E-state index in [2.05, 4.69) is 29.3 Å². The number of hydrogen-bond acceptors (Lipinski definition) is 5. The van der Waals surface area contributed by atoms with Crippen LogP contribution in [0, 0.1) is 5.41 Å². The summed E-state index contributed by atoms with van der Waals surface area (Å²) in [6.45, 7) is 5.58. The molecule has 0 unspecified atom stereocenters. The molecule has 1 aromatic heterocycles. The highest BCUT2D eigenvalue weighted by atomic mass is 16.4. The van der Waals surface area contributed by atoms with Crippen LogP contribution in [0.1, 0.15) is 37.9 Å². The van der Waals surface area contributed by atoms with Crippen molar-refractivity contribution >= 4 is 5.84 Å². The van der Waals surface area contributed by atoms with E-state index in [-0.39, 0.29) is 17.9 Å². The average Bonchev–Trinajstić information content (AvgIpc) is 2.52. The minimum absolute atomic E-state index is 0.00167. The molecule has 0 radical (unpaired) electrons. The van der Waals surface area contributed by atoms with E-state index in [0.29, 0.717) is 18.8 Å². The number of aliphatic hydroxyl groups is 1. The maximum Gasteiger partial charge on any atom is 0.189 e. The summed E-state index contributed by atoms with van der Waals surface area (Å²) in [5, 5.41) is 24.6. The maximum absolute atomic E-state index is 9.53. The minimum Gasteiger partial charge on any atom is -0.409 e. The maximum atomic E-state index is 9.53. The van der Waals surface area contributed by atoms with Gasteiger partial charge in [0.05, 0.1) is 0 Å². The molecule has 1 heterocycles. The fourth-order valence-electron chi connectivity index (χ4n) is 2.10. The molecule has 0 aliphatic heterocycles. The smallest absolute Gasteiger partial charge is 0.189 e. The van der Waals surface area contributed by atoms with E-state index >= 15 is 0 Å². The van der Waals surface area contributed by atoms with E-state index in [1.165, 1.54) is 0 Å². The average molecular weight is 280 g/mol. The number of pyridine rings is 1. The van der Waals surface area contributed by atoms with Gasteiger partial charge in [0.25, 0.3) is 0 Å². The van der Waals surface area contributed by atoms with Gasteiger partial charge in [0, 0.05) is 31.3 Å². The van der Waals surface area contributed by atoms with Gasteiger partial charge >= 0.3 is 0 Å². The van der Waals surface area contributed by atoms with Gasteiger partial charge in [-0.3, -0.25) is 4.98 Å². The lowest BCUT2D eigenvalue weighted by atomic mass is 9.83. The third-order valence-corrected chi connectivity index (χ3v) is 3.89. The molecule has 6 heteroatoms. The highest BCUT2D eigenvalue weighted by molar-refractivity contribution is 5.96. The van der Waals surface area contributed by atoms with Crippen LogP contribution < -0.4 is 11.1 Å². The molecule has 6 nitrogen and oxygen atoms in total.